The summed E-state index contributed by atoms with van der Waals surface area (Å²) in [6, 6.07) is 0. The maximum atomic E-state index is 5.07. The average molecular weight is 146 g/mol. The Morgan fingerprint density at radius 3 is 2.17 bits per heavy atom. The second-order valence-electron chi connectivity index (χ2n) is 0.622. The van der Waals surface area contributed by atoms with Crippen molar-refractivity contribution in [1.29, 1.82) is 0 Å². The minimum absolute atomic E-state index is 0. The third-order valence-corrected chi connectivity index (χ3v) is 1.18. The van der Waals surface area contributed by atoms with Crippen LogP contribution in [0.2, 0.25) is 0 Å². The summed E-state index contributed by atoms with van der Waals surface area (Å²) >= 11 is 3.84. The largest absolute Gasteiger partial charge is 0.330 e. The number of hydrogen-bond acceptors (Lipinski definition) is 3. The third kappa shape index (κ3) is 8.87. The van der Waals surface area contributed by atoms with E-state index in [1.807, 2.05) is 0 Å². The summed E-state index contributed by atoms with van der Waals surface area (Å²) < 4.78 is 0. The first-order valence-corrected chi connectivity index (χ1v) is 3.42. The van der Waals surface area contributed by atoms with E-state index in [-0.39, 0.29) is 12.4 Å². The van der Waals surface area contributed by atoms with E-state index in [0.717, 1.165) is 12.3 Å². The fraction of sp³-hybridized carbons (Fsp3) is 1.00. The molecule has 2 N–H and O–H groups in total. The molecule has 0 saturated carbocycles. The van der Waals surface area contributed by atoms with Crippen LogP contribution in [-0.4, -0.2) is 12.3 Å². The van der Waals surface area contributed by atoms with E-state index >= 15 is 0 Å². The highest BCUT2D eigenvalue weighted by atomic mass is 35.5. The first kappa shape index (κ1) is 10.0. The molecule has 0 atom stereocenters. The van der Waals surface area contributed by atoms with Gasteiger partial charge in [0, 0.05) is 12.3 Å². The van der Waals surface area contributed by atoms with Crippen LogP contribution in [0.4, 0.5) is 0 Å². The smallest absolute Gasteiger partial charge is 0.0158 e. The summed E-state index contributed by atoms with van der Waals surface area (Å²) in [6.45, 7) is 0.730. The molecule has 0 fully saturated rings. The molecular formula is C2H8ClNS2. The van der Waals surface area contributed by atoms with Crippen LogP contribution in [0, 0.1) is 0 Å². The van der Waals surface area contributed by atoms with Crippen LogP contribution in [0.5, 0.6) is 0 Å². The topological polar surface area (TPSA) is 26.0 Å². The molecule has 0 aromatic carbocycles. The Labute approximate surface area is 53.3 Å². The van der Waals surface area contributed by atoms with Gasteiger partial charge in [0.1, 0.15) is 0 Å². The standard InChI is InChI=1S/C2H7NS2.ClH/c3-1-2-5-4;/h4H,1-3H2;1H. The molecular weight excluding hydrogens is 138 g/mol. The van der Waals surface area contributed by atoms with Crippen LogP contribution >= 0.6 is 34.9 Å². The van der Waals surface area contributed by atoms with Crippen molar-refractivity contribution in [3.8, 4) is 0 Å². The van der Waals surface area contributed by atoms with Gasteiger partial charge in [-0.05, 0) is 0 Å². The SMILES string of the molecule is Cl.NCCSS. The van der Waals surface area contributed by atoms with E-state index in [2.05, 4.69) is 11.7 Å². The maximum Gasteiger partial charge on any atom is 0.0158 e. The molecule has 0 aromatic rings. The minimum atomic E-state index is 0. The Morgan fingerprint density at radius 2 is 2.17 bits per heavy atom. The van der Waals surface area contributed by atoms with Gasteiger partial charge in [-0.15, -0.1) is 24.1 Å². The first-order valence-electron chi connectivity index (χ1n) is 1.38. The maximum absolute atomic E-state index is 5.07. The van der Waals surface area contributed by atoms with Gasteiger partial charge in [-0.1, -0.05) is 10.8 Å². The van der Waals surface area contributed by atoms with E-state index in [4.69, 9.17) is 5.73 Å². The Kier molecular flexibility index (Phi) is 15.6. The molecule has 0 aliphatic carbocycles. The number of thiol groups is 1. The van der Waals surface area contributed by atoms with Crippen molar-refractivity contribution in [2.24, 2.45) is 5.73 Å². The van der Waals surface area contributed by atoms with Crippen molar-refractivity contribution in [1.82, 2.24) is 0 Å². The number of rotatable bonds is 2. The predicted octanol–water partition coefficient (Wildman–Crippen LogP) is 0.945. The van der Waals surface area contributed by atoms with E-state index < -0.39 is 0 Å². The fourth-order valence-electron chi connectivity index (χ4n) is 0.0527. The average Bonchev–Trinajstić information content (AvgIpc) is 1.41. The van der Waals surface area contributed by atoms with Crippen LogP contribution in [0.3, 0.4) is 0 Å². The lowest BCUT2D eigenvalue weighted by molar-refractivity contribution is 1.16. The lowest BCUT2D eigenvalue weighted by Crippen LogP contribution is -1.98. The number of nitrogens with two attached hydrogens (primary N) is 1. The van der Waals surface area contributed by atoms with E-state index in [9.17, 15) is 0 Å². The lowest BCUT2D eigenvalue weighted by Gasteiger charge is -1.79. The molecule has 0 bridgehead atoms. The summed E-state index contributed by atoms with van der Waals surface area (Å²) in [6.07, 6.45) is 0. The Morgan fingerprint density at radius 1 is 1.67 bits per heavy atom. The molecule has 40 valence electrons. The monoisotopic (exact) mass is 145 g/mol. The molecule has 0 rings (SSSR count). The Bertz CT molecular complexity index is 19.0. The van der Waals surface area contributed by atoms with Crippen LogP contribution in [0.15, 0.2) is 0 Å². The van der Waals surface area contributed by atoms with Gasteiger partial charge in [0.15, 0.2) is 0 Å². The van der Waals surface area contributed by atoms with Crippen LogP contribution in [0.1, 0.15) is 0 Å². The van der Waals surface area contributed by atoms with Crippen LogP contribution in [-0.2, 0) is 0 Å². The molecule has 0 amide bonds. The fourth-order valence-corrected chi connectivity index (χ4v) is 0.474. The molecule has 4 heteroatoms. The van der Waals surface area contributed by atoms with Crippen molar-refractivity contribution in [2.75, 3.05) is 12.3 Å². The summed E-state index contributed by atoms with van der Waals surface area (Å²) in [5.41, 5.74) is 5.07. The molecule has 0 heterocycles. The van der Waals surface area contributed by atoms with Crippen molar-refractivity contribution >= 4 is 34.9 Å². The van der Waals surface area contributed by atoms with Crippen LogP contribution < -0.4 is 5.73 Å². The van der Waals surface area contributed by atoms with E-state index in [0.29, 0.717) is 0 Å². The van der Waals surface area contributed by atoms with Crippen molar-refractivity contribution in [2.45, 2.75) is 0 Å². The Balaban J connectivity index is 0. The normalized spacial score (nSPS) is 7.00. The third-order valence-electron chi connectivity index (χ3n) is 0.209. The van der Waals surface area contributed by atoms with Crippen LogP contribution in [0.25, 0.3) is 0 Å². The molecule has 0 unspecified atom stereocenters. The van der Waals surface area contributed by atoms with Gasteiger partial charge in [0.25, 0.3) is 0 Å². The molecule has 0 saturated heterocycles. The molecule has 0 radical (unpaired) electrons. The van der Waals surface area contributed by atoms with Gasteiger partial charge in [-0.3, -0.25) is 0 Å². The molecule has 0 aliphatic heterocycles. The zero-order chi connectivity index (χ0) is 4.12. The van der Waals surface area contributed by atoms with Gasteiger partial charge < -0.3 is 5.73 Å². The van der Waals surface area contributed by atoms with Gasteiger partial charge in [-0.25, -0.2) is 0 Å². The number of hydrogen-bond donors (Lipinski definition) is 2. The van der Waals surface area contributed by atoms with Crippen molar-refractivity contribution < 1.29 is 0 Å². The first-order chi connectivity index (χ1) is 2.41. The molecule has 0 spiro atoms. The summed E-state index contributed by atoms with van der Waals surface area (Å²) in [7, 11) is 1.47. The highest BCUT2D eigenvalue weighted by molar-refractivity contribution is 8.68. The summed E-state index contributed by atoms with van der Waals surface area (Å²) in [5, 5.41) is 0. The lowest BCUT2D eigenvalue weighted by atomic mass is 10.8. The predicted molar refractivity (Wildman–Crippen MR) is 37.7 cm³/mol. The van der Waals surface area contributed by atoms with Gasteiger partial charge in [0.05, 0.1) is 0 Å². The van der Waals surface area contributed by atoms with Gasteiger partial charge in [-0.2, -0.15) is 0 Å². The quantitative estimate of drug-likeness (QED) is 0.447. The second kappa shape index (κ2) is 9.34. The van der Waals surface area contributed by atoms with Crippen molar-refractivity contribution in [3.05, 3.63) is 0 Å². The molecule has 0 aromatic heterocycles. The van der Waals surface area contributed by atoms with Crippen molar-refractivity contribution in [3.63, 3.8) is 0 Å². The summed E-state index contributed by atoms with van der Waals surface area (Å²) in [5.74, 6) is 0.948. The Hall–Kier alpha value is 0.950. The van der Waals surface area contributed by atoms with Gasteiger partial charge >= 0.3 is 0 Å². The zero-order valence-corrected chi connectivity index (χ0v) is 5.78. The highest BCUT2D eigenvalue weighted by Crippen LogP contribution is 1.99. The zero-order valence-electron chi connectivity index (χ0n) is 3.26. The minimum Gasteiger partial charge on any atom is -0.330 e. The molecule has 6 heavy (non-hydrogen) atoms. The van der Waals surface area contributed by atoms with Gasteiger partial charge in [0.2, 0.25) is 0 Å². The molecule has 0 aliphatic rings. The number of halogens is 1. The van der Waals surface area contributed by atoms with E-state index in [1.54, 1.807) is 0 Å². The highest BCUT2D eigenvalue weighted by Gasteiger charge is 1.68. The second-order valence-corrected chi connectivity index (χ2v) is 2.06. The molecule has 1 nitrogen and oxygen atoms in total. The summed E-state index contributed by atoms with van der Waals surface area (Å²) in [4.78, 5) is 0. The van der Waals surface area contributed by atoms with E-state index in [1.165, 1.54) is 10.8 Å².